The number of nitrogens with zero attached hydrogens (tertiary/aromatic N) is 1. The minimum absolute atomic E-state index is 0.0385. The SMILES string of the molecule is O=C(O)N1CCC(F)(F)C(O)c2cc(Cl)ccc21. The molecule has 7 heteroatoms. The molecule has 1 atom stereocenters. The van der Waals surface area contributed by atoms with Crippen LogP contribution in [0.15, 0.2) is 18.2 Å². The van der Waals surface area contributed by atoms with Crippen LogP contribution in [-0.4, -0.2) is 28.8 Å². The van der Waals surface area contributed by atoms with E-state index < -0.39 is 24.5 Å². The fourth-order valence-corrected chi connectivity index (χ4v) is 2.11. The van der Waals surface area contributed by atoms with E-state index in [1.165, 1.54) is 12.1 Å². The average Bonchev–Trinajstić information content (AvgIpc) is 2.37. The van der Waals surface area contributed by atoms with Gasteiger partial charge in [-0.2, -0.15) is 0 Å². The van der Waals surface area contributed by atoms with Crippen LogP contribution in [0.25, 0.3) is 0 Å². The highest BCUT2D eigenvalue weighted by atomic mass is 35.5. The van der Waals surface area contributed by atoms with Crippen molar-refractivity contribution in [2.45, 2.75) is 18.4 Å². The van der Waals surface area contributed by atoms with E-state index in [9.17, 15) is 18.7 Å². The number of carboxylic acid groups (broad SMARTS) is 1. The van der Waals surface area contributed by atoms with E-state index in [0.29, 0.717) is 0 Å². The Hall–Kier alpha value is -1.40. The molecule has 1 unspecified atom stereocenters. The Kier molecular flexibility index (Phi) is 3.16. The summed E-state index contributed by atoms with van der Waals surface area (Å²) in [7, 11) is 0. The highest BCUT2D eigenvalue weighted by Crippen LogP contribution is 2.42. The van der Waals surface area contributed by atoms with Gasteiger partial charge >= 0.3 is 6.09 Å². The second-order valence-corrected chi connectivity index (χ2v) is 4.49. The Labute approximate surface area is 106 Å². The molecule has 1 aromatic carbocycles. The number of anilines is 1. The number of rotatable bonds is 0. The third kappa shape index (κ3) is 2.13. The summed E-state index contributed by atoms with van der Waals surface area (Å²) < 4.78 is 27.2. The van der Waals surface area contributed by atoms with E-state index in [4.69, 9.17) is 16.7 Å². The first-order valence-corrected chi connectivity index (χ1v) is 5.56. The quantitative estimate of drug-likeness (QED) is 0.766. The Bertz CT molecular complexity index is 495. The first kappa shape index (κ1) is 13.0. The van der Waals surface area contributed by atoms with Gasteiger partial charge in [-0.3, -0.25) is 4.90 Å². The molecule has 1 aromatic rings. The number of hydrogen-bond acceptors (Lipinski definition) is 2. The number of aliphatic hydroxyl groups is 1. The van der Waals surface area contributed by atoms with Crippen LogP contribution >= 0.6 is 11.6 Å². The van der Waals surface area contributed by atoms with Gasteiger partial charge in [-0.15, -0.1) is 0 Å². The number of alkyl halides is 2. The molecule has 0 fully saturated rings. The summed E-state index contributed by atoms with van der Waals surface area (Å²) >= 11 is 5.69. The molecule has 0 saturated carbocycles. The number of benzene rings is 1. The third-order valence-electron chi connectivity index (χ3n) is 2.87. The molecule has 18 heavy (non-hydrogen) atoms. The van der Waals surface area contributed by atoms with Crippen LogP contribution in [0, 0.1) is 0 Å². The van der Waals surface area contributed by atoms with Gasteiger partial charge in [-0.25, -0.2) is 13.6 Å². The van der Waals surface area contributed by atoms with Crippen LogP contribution in [-0.2, 0) is 0 Å². The number of aliphatic hydroxyl groups excluding tert-OH is 1. The molecular formula is C11H10ClF2NO3. The zero-order chi connectivity index (χ0) is 13.5. The number of halogens is 3. The minimum Gasteiger partial charge on any atom is -0.465 e. The summed E-state index contributed by atoms with van der Waals surface area (Å²) in [4.78, 5) is 11.8. The van der Waals surface area contributed by atoms with Gasteiger partial charge < -0.3 is 10.2 Å². The van der Waals surface area contributed by atoms with E-state index in [1.54, 1.807) is 0 Å². The first-order chi connectivity index (χ1) is 8.33. The average molecular weight is 278 g/mol. The van der Waals surface area contributed by atoms with Gasteiger partial charge in [-0.1, -0.05) is 11.6 Å². The molecule has 98 valence electrons. The van der Waals surface area contributed by atoms with E-state index in [2.05, 4.69) is 0 Å². The van der Waals surface area contributed by atoms with Crippen molar-refractivity contribution in [1.29, 1.82) is 0 Å². The van der Waals surface area contributed by atoms with Gasteiger partial charge in [0.25, 0.3) is 5.92 Å². The lowest BCUT2D eigenvalue weighted by Crippen LogP contribution is -2.32. The molecule has 2 rings (SSSR count). The fourth-order valence-electron chi connectivity index (χ4n) is 1.93. The van der Waals surface area contributed by atoms with Gasteiger partial charge in [-0.05, 0) is 18.2 Å². The standard InChI is InChI=1S/C11H10ClF2NO3/c12-6-1-2-8-7(5-6)9(16)11(13,14)3-4-15(8)10(17)18/h1-2,5,9,16H,3-4H2,(H,17,18). The van der Waals surface area contributed by atoms with Crippen molar-refractivity contribution in [2.24, 2.45) is 0 Å². The van der Waals surface area contributed by atoms with Crippen molar-refractivity contribution in [3.8, 4) is 0 Å². The smallest absolute Gasteiger partial charge is 0.411 e. The van der Waals surface area contributed by atoms with Crippen molar-refractivity contribution in [1.82, 2.24) is 0 Å². The predicted octanol–water partition coefficient (Wildman–Crippen LogP) is 2.90. The molecule has 0 aliphatic carbocycles. The van der Waals surface area contributed by atoms with Crippen molar-refractivity contribution in [2.75, 3.05) is 11.4 Å². The van der Waals surface area contributed by atoms with E-state index >= 15 is 0 Å². The molecule has 2 N–H and O–H groups in total. The monoisotopic (exact) mass is 277 g/mol. The summed E-state index contributed by atoms with van der Waals surface area (Å²) in [6.45, 7) is -0.381. The van der Waals surface area contributed by atoms with Crippen LogP contribution < -0.4 is 4.90 Å². The summed E-state index contributed by atoms with van der Waals surface area (Å²) in [6.07, 6.45) is -4.15. The lowest BCUT2D eigenvalue weighted by Gasteiger charge is -2.20. The van der Waals surface area contributed by atoms with Crippen molar-refractivity contribution in [3.63, 3.8) is 0 Å². The van der Waals surface area contributed by atoms with Gasteiger partial charge in [0.1, 0.15) is 6.10 Å². The molecule has 0 radical (unpaired) electrons. The van der Waals surface area contributed by atoms with Crippen molar-refractivity contribution >= 4 is 23.4 Å². The topological polar surface area (TPSA) is 60.8 Å². The first-order valence-electron chi connectivity index (χ1n) is 5.19. The maximum atomic E-state index is 13.6. The Morgan fingerprint density at radius 1 is 1.50 bits per heavy atom. The maximum absolute atomic E-state index is 13.6. The molecule has 0 saturated heterocycles. The van der Waals surface area contributed by atoms with Crippen LogP contribution in [0.1, 0.15) is 18.1 Å². The van der Waals surface area contributed by atoms with Crippen LogP contribution in [0.2, 0.25) is 5.02 Å². The number of carbonyl (C=O) groups is 1. The Morgan fingerprint density at radius 2 is 2.17 bits per heavy atom. The summed E-state index contributed by atoms with van der Waals surface area (Å²) in [5, 5.41) is 18.8. The number of hydrogen-bond donors (Lipinski definition) is 2. The lowest BCUT2D eigenvalue weighted by molar-refractivity contribution is -0.112. The second kappa shape index (κ2) is 4.37. The zero-order valence-electron chi connectivity index (χ0n) is 9.11. The summed E-state index contributed by atoms with van der Waals surface area (Å²) in [6, 6.07) is 3.87. The molecule has 0 aromatic heterocycles. The molecule has 4 nitrogen and oxygen atoms in total. The zero-order valence-corrected chi connectivity index (χ0v) is 9.86. The predicted molar refractivity (Wildman–Crippen MR) is 61.3 cm³/mol. The lowest BCUT2D eigenvalue weighted by atomic mass is 10.0. The molecule has 1 heterocycles. The summed E-state index contributed by atoms with van der Waals surface area (Å²) in [5.74, 6) is -3.39. The van der Waals surface area contributed by atoms with E-state index in [1.807, 2.05) is 0 Å². The molecular weight excluding hydrogens is 268 g/mol. The Balaban J connectivity index is 2.59. The van der Waals surface area contributed by atoms with Gasteiger partial charge in [0.05, 0.1) is 5.69 Å². The van der Waals surface area contributed by atoms with Crippen LogP contribution in [0.3, 0.4) is 0 Å². The van der Waals surface area contributed by atoms with Gasteiger partial charge in [0, 0.05) is 23.6 Å². The molecule has 1 amide bonds. The second-order valence-electron chi connectivity index (χ2n) is 4.05. The van der Waals surface area contributed by atoms with Crippen LogP contribution in [0.5, 0.6) is 0 Å². The summed E-state index contributed by atoms with van der Waals surface area (Å²) in [5.41, 5.74) is -0.135. The highest BCUT2D eigenvalue weighted by Gasteiger charge is 2.44. The maximum Gasteiger partial charge on any atom is 0.411 e. The molecule has 0 bridgehead atoms. The highest BCUT2D eigenvalue weighted by molar-refractivity contribution is 6.30. The largest absolute Gasteiger partial charge is 0.465 e. The minimum atomic E-state index is -3.39. The van der Waals surface area contributed by atoms with Crippen LogP contribution in [0.4, 0.5) is 19.3 Å². The van der Waals surface area contributed by atoms with E-state index in [-0.39, 0.29) is 22.8 Å². The normalized spacial score (nSPS) is 22.2. The Morgan fingerprint density at radius 3 is 2.78 bits per heavy atom. The van der Waals surface area contributed by atoms with Gasteiger partial charge in [0.2, 0.25) is 0 Å². The molecule has 0 spiro atoms. The van der Waals surface area contributed by atoms with Crippen molar-refractivity contribution in [3.05, 3.63) is 28.8 Å². The number of amides is 1. The fraction of sp³-hybridized carbons (Fsp3) is 0.364. The van der Waals surface area contributed by atoms with Crippen molar-refractivity contribution < 1.29 is 23.8 Å². The number of fused-ring (bicyclic) bond motifs is 1. The molecule has 1 aliphatic rings. The molecule has 1 aliphatic heterocycles. The van der Waals surface area contributed by atoms with Gasteiger partial charge in [0.15, 0.2) is 0 Å². The third-order valence-corrected chi connectivity index (χ3v) is 3.11. The van der Waals surface area contributed by atoms with E-state index in [0.717, 1.165) is 11.0 Å².